The Kier molecular flexibility index (Phi) is 4.15. The van der Waals surface area contributed by atoms with Gasteiger partial charge in [0.15, 0.2) is 11.3 Å². The van der Waals surface area contributed by atoms with Crippen molar-refractivity contribution in [1.82, 2.24) is 10.3 Å². The molecule has 25 heavy (non-hydrogen) atoms. The molecule has 6 nitrogen and oxygen atoms in total. The fourth-order valence-corrected chi connectivity index (χ4v) is 3.33. The zero-order valence-electron chi connectivity index (χ0n) is 13.5. The van der Waals surface area contributed by atoms with Gasteiger partial charge < -0.3 is 4.42 Å². The van der Waals surface area contributed by atoms with E-state index in [1.54, 1.807) is 11.3 Å². The molecule has 0 saturated carbocycles. The number of benzene rings is 1. The summed E-state index contributed by atoms with van der Waals surface area (Å²) in [5.74, 6) is 1.39. The number of carbonyl (C=O) groups excluding carboxylic acids is 1. The second-order valence-electron chi connectivity index (χ2n) is 5.42. The highest BCUT2D eigenvalue weighted by Crippen LogP contribution is 2.21. The Morgan fingerprint density at radius 1 is 1.32 bits per heavy atom. The van der Waals surface area contributed by atoms with Crippen LogP contribution in [0.1, 0.15) is 12.7 Å². The van der Waals surface area contributed by atoms with Crippen molar-refractivity contribution < 1.29 is 9.21 Å². The predicted molar refractivity (Wildman–Crippen MR) is 97.7 cm³/mol. The quantitative estimate of drug-likeness (QED) is 0.909. The van der Waals surface area contributed by atoms with Crippen LogP contribution >= 0.6 is 11.8 Å². The number of amides is 1. The van der Waals surface area contributed by atoms with E-state index in [4.69, 9.17) is 9.41 Å². The van der Waals surface area contributed by atoms with Gasteiger partial charge in [-0.15, -0.1) is 5.10 Å². The van der Waals surface area contributed by atoms with Crippen molar-refractivity contribution in [1.29, 1.82) is 0 Å². The lowest BCUT2D eigenvalue weighted by Crippen LogP contribution is -2.52. The van der Waals surface area contributed by atoms with Crippen LogP contribution in [0.2, 0.25) is 0 Å². The van der Waals surface area contributed by atoms with Gasteiger partial charge in [-0.2, -0.15) is 0 Å². The lowest BCUT2D eigenvalue weighted by Gasteiger charge is -2.32. The molecule has 1 atom stereocenters. The number of hydrazone groups is 1. The number of para-hydroxylation sites is 1. The van der Waals surface area contributed by atoms with E-state index in [9.17, 15) is 4.79 Å². The van der Waals surface area contributed by atoms with Crippen LogP contribution in [0.3, 0.4) is 0 Å². The van der Waals surface area contributed by atoms with Gasteiger partial charge in [0.1, 0.15) is 11.5 Å². The summed E-state index contributed by atoms with van der Waals surface area (Å²) in [6.45, 7) is 2.02. The van der Waals surface area contributed by atoms with E-state index in [2.05, 4.69) is 10.4 Å². The van der Waals surface area contributed by atoms with Crippen molar-refractivity contribution in [3.63, 3.8) is 0 Å². The molecule has 0 radical (unpaired) electrons. The van der Waals surface area contributed by atoms with Gasteiger partial charge in [0.25, 0.3) is 5.91 Å². The molecule has 1 N–H and O–H groups in total. The third kappa shape index (κ3) is 2.98. The number of furan rings is 1. The van der Waals surface area contributed by atoms with Gasteiger partial charge in [-0.05, 0) is 36.1 Å². The molecule has 3 heterocycles. The molecule has 2 aromatic rings. The molecule has 0 aliphatic carbocycles. The van der Waals surface area contributed by atoms with Crippen LogP contribution in [-0.4, -0.2) is 28.0 Å². The normalized spacial score (nSPS) is 19.2. The predicted octanol–water partition coefficient (Wildman–Crippen LogP) is 1.52. The fraction of sp³-hybridized carbons (Fsp3) is 0.167. The Morgan fingerprint density at radius 3 is 3.00 bits per heavy atom. The largest absolute Gasteiger partial charge is 0.465 e. The number of nitrogens with zero attached hydrogens (tertiary/aromatic N) is 3. The molecule has 0 saturated heterocycles. The number of amidine groups is 1. The number of nitrogens with one attached hydrogen (secondary N) is 1. The molecule has 7 heteroatoms. The molecule has 4 rings (SSSR count). The van der Waals surface area contributed by atoms with Crippen LogP contribution in [-0.2, 0) is 4.79 Å². The van der Waals surface area contributed by atoms with E-state index in [0.717, 1.165) is 22.1 Å². The highest BCUT2D eigenvalue weighted by atomic mass is 32.2. The summed E-state index contributed by atoms with van der Waals surface area (Å²) in [4.78, 5) is 17.4. The first-order chi connectivity index (χ1) is 12.3. The van der Waals surface area contributed by atoms with Crippen molar-refractivity contribution >= 4 is 34.6 Å². The fourth-order valence-electron chi connectivity index (χ4n) is 2.75. The maximum Gasteiger partial charge on any atom is 0.276 e. The molecular weight excluding hydrogens is 336 g/mol. The zero-order chi connectivity index (χ0) is 17.2. The molecule has 1 aromatic heterocycles. The first-order valence-electron chi connectivity index (χ1n) is 7.97. The minimum Gasteiger partial charge on any atom is -0.465 e. The van der Waals surface area contributed by atoms with Crippen molar-refractivity contribution in [2.45, 2.75) is 13.1 Å². The van der Waals surface area contributed by atoms with E-state index < -0.39 is 6.17 Å². The summed E-state index contributed by atoms with van der Waals surface area (Å²) < 4.78 is 5.34. The number of carbonyl (C=O) groups is 1. The number of fused-ring (bicyclic) bond motifs is 2. The maximum absolute atomic E-state index is 12.7. The molecule has 0 spiro atoms. The summed E-state index contributed by atoms with van der Waals surface area (Å²) >= 11 is 1.49. The third-order valence-corrected chi connectivity index (χ3v) is 4.55. The molecular formula is C18H16N4O2S. The highest BCUT2D eigenvalue weighted by molar-refractivity contribution is 8.13. The van der Waals surface area contributed by atoms with E-state index in [0.29, 0.717) is 10.9 Å². The second kappa shape index (κ2) is 6.60. The average molecular weight is 352 g/mol. The maximum atomic E-state index is 12.7. The first kappa shape index (κ1) is 15.7. The van der Waals surface area contributed by atoms with Crippen LogP contribution in [0.5, 0.6) is 0 Å². The van der Waals surface area contributed by atoms with Crippen molar-refractivity contribution in [3.05, 3.63) is 65.1 Å². The van der Waals surface area contributed by atoms with Crippen molar-refractivity contribution in [2.24, 2.45) is 10.1 Å². The Balaban J connectivity index is 1.84. The molecule has 0 unspecified atom stereocenters. The lowest BCUT2D eigenvalue weighted by molar-refractivity contribution is -0.116. The van der Waals surface area contributed by atoms with Gasteiger partial charge in [0.05, 0.1) is 11.6 Å². The summed E-state index contributed by atoms with van der Waals surface area (Å²) in [5, 5.41) is 11.3. The topological polar surface area (TPSA) is 70.2 Å². The SMILES string of the molecule is CCSC1=NN2C(=c3ccccc3=N[C@H]2/C=C/c2ccco2)C(=O)N1. The summed E-state index contributed by atoms with van der Waals surface area (Å²) in [6, 6.07) is 11.3. The van der Waals surface area contributed by atoms with E-state index in [-0.39, 0.29) is 5.91 Å². The number of thioether (sulfide) groups is 1. The average Bonchev–Trinajstić information content (AvgIpc) is 3.13. The number of hydrogen-bond acceptors (Lipinski definition) is 6. The van der Waals surface area contributed by atoms with Crippen LogP contribution in [0.4, 0.5) is 0 Å². The van der Waals surface area contributed by atoms with Crippen molar-refractivity contribution in [2.75, 3.05) is 5.75 Å². The van der Waals surface area contributed by atoms with Gasteiger partial charge in [0, 0.05) is 5.22 Å². The molecule has 0 bridgehead atoms. The zero-order valence-corrected chi connectivity index (χ0v) is 14.4. The molecule has 126 valence electrons. The molecule has 1 aromatic carbocycles. The first-order valence-corrected chi connectivity index (χ1v) is 8.95. The van der Waals surface area contributed by atoms with Gasteiger partial charge in [-0.25, -0.2) is 5.01 Å². The van der Waals surface area contributed by atoms with E-state index in [1.165, 1.54) is 11.8 Å². The minimum atomic E-state index is -0.409. The summed E-state index contributed by atoms with van der Waals surface area (Å²) in [5.41, 5.74) is 0.514. The summed E-state index contributed by atoms with van der Waals surface area (Å²) in [7, 11) is 0. The van der Waals surface area contributed by atoms with Crippen LogP contribution in [0.15, 0.2) is 63.2 Å². The van der Waals surface area contributed by atoms with Gasteiger partial charge in [-0.1, -0.05) is 36.9 Å². The van der Waals surface area contributed by atoms with Gasteiger partial charge in [0.2, 0.25) is 0 Å². The summed E-state index contributed by atoms with van der Waals surface area (Å²) in [6.07, 6.45) is 4.93. The molecule has 0 fully saturated rings. The van der Waals surface area contributed by atoms with Gasteiger partial charge in [-0.3, -0.25) is 15.1 Å². The standard InChI is InChI=1S/C18H16N4O2S/c1-2-25-18-20-17(23)16-13-7-3-4-8-14(13)19-15(22(16)21-18)10-9-12-6-5-11-24-12/h3-11,15H,2H2,1H3,(H,20,21,23)/b10-9+/t15-/m1/s1. The second-order valence-corrected chi connectivity index (χ2v) is 6.67. The van der Waals surface area contributed by atoms with Crippen LogP contribution in [0, 0.1) is 0 Å². The van der Waals surface area contributed by atoms with Crippen LogP contribution in [0.25, 0.3) is 11.8 Å². The van der Waals surface area contributed by atoms with Crippen LogP contribution < -0.4 is 15.9 Å². The monoisotopic (exact) mass is 352 g/mol. The Hall–Kier alpha value is -2.80. The Labute approximate surface area is 148 Å². The highest BCUT2D eigenvalue weighted by Gasteiger charge is 2.32. The Bertz CT molecular complexity index is 979. The van der Waals surface area contributed by atoms with E-state index >= 15 is 0 Å². The Morgan fingerprint density at radius 2 is 2.20 bits per heavy atom. The molecule has 2 aliphatic rings. The third-order valence-electron chi connectivity index (χ3n) is 3.80. The molecule has 1 amide bonds. The smallest absolute Gasteiger partial charge is 0.276 e. The van der Waals surface area contributed by atoms with Crippen molar-refractivity contribution in [3.8, 4) is 0 Å². The lowest BCUT2D eigenvalue weighted by atomic mass is 10.1. The molecule has 2 aliphatic heterocycles. The van der Waals surface area contributed by atoms with E-state index in [1.807, 2.05) is 55.5 Å². The number of hydrogen-bond donors (Lipinski definition) is 1. The minimum absolute atomic E-state index is 0.162. The van der Waals surface area contributed by atoms with Gasteiger partial charge >= 0.3 is 0 Å². The number of rotatable bonds is 3.